The minimum atomic E-state index is -0.785. The highest BCUT2D eigenvalue weighted by Gasteiger charge is 2.20. The van der Waals surface area contributed by atoms with E-state index in [1.165, 1.54) is 12.8 Å². The van der Waals surface area contributed by atoms with Crippen molar-refractivity contribution in [3.8, 4) is 11.5 Å². The molecule has 1 fully saturated rings. The van der Waals surface area contributed by atoms with Crippen LogP contribution in [-0.4, -0.2) is 58.1 Å². The first-order valence-corrected chi connectivity index (χ1v) is 9.67. The molecule has 1 aliphatic rings. The summed E-state index contributed by atoms with van der Waals surface area (Å²) in [6.07, 6.45) is 2.77. The van der Waals surface area contributed by atoms with Gasteiger partial charge in [0, 0.05) is 31.9 Å². The second-order valence-corrected chi connectivity index (χ2v) is 6.64. The number of hydrogen-bond donors (Lipinski definition) is 3. The fourth-order valence-electron chi connectivity index (χ4n) is 2.63. The maximum absolute atomic E-state index is 10.6. The van der Waals surface area contributed by atoms with Gasteiger partial charge in [0.05, 0.1) is 20.8 Å². The van der Waals surface area contributed by atoms with Gasteiger partial charge in [0.15, 0.2) is 5.96 Å². The summed E-state index contributed by atoms with van der Waals surface area (Å²) in [5, 5.41) is 17.0. The van der Waals surface area contributed by atoms with E-state index < -0.39 is 6.10 Å². The Morgan fingerprint density at radius 3 is 2.68 bits per heavy atom. The third kappa shape index (κ3) is 8.83. The molecule has 8 heteroatoms. The van der Waals surface area contributed by atoms with E-state index in [1.54, 1.807) is 32.4 Å². The van der Waals surface area contributed by atoms with Crippen molar-refractivity contribution >= 4 is 29.9 Å². The van der Waals surface area contributed by atoms with Gasteiger partial charge in [-0.15, -0.1) is 24.0 Å². The molecule has 1 saturated carbocycles. The van der Waals surface area contributed by atoms with Crippen LogP contribution in [-0.2, 0) is 4.74 Å². The number of aliphatic hydroxyl groups is 1. The molecule has 0 radical (unpaired) electrons. The lowest BCUT2D eigenvalue weighted by Crippen LogP contribution is -2.38. The van der Waals surface area contributed by atoms with Gasteiger partial charge >= 0.3 is 0 Å². The minimum absolute atomic E-state index is 0. The molecule has 1 aromatic rings. The molecule has 7 nitrogen and oxygen atoms in total. The Hall–Kier alpha value is -1.26. The molecule has 3 N–H and O–H groups in total. The smallest absolute Gasteiger partial charge is 0.191 e. The molecule has 0 amide bonds. The summed E-state index contributed by atoms with van der Waals surface area (Å²) in [5.41, 5.74) is 0.657. The third-order valence-corrected chi connectivity index (χ3v) is 4.37. The number of benzene rings is 1. The first-order chi connectivity index (χ1) is 13.2. The number of methoxy groups -OCH3 is 2. The van der Waals surface area contributed by atoms with Gasteiger partial charge in [-0.05, 0) is 50.3 Å². The second kappa shape index (κ2) is 13.8. The van der Waals surface area contributed by atoms with Crippen LogP contribution >= 0.6 is 24.0 Å². The van der Waals surface area contributed by atoms with Gasteiger partial charge in [0.25, 0.3) is 0 Å². The van der Waals surface area contributed by atoms with Gasteiger partial charge in [-0.1, -0.05) is 0 Å². The van der Waals surface area contributed by atoms with Crippen LogP contribution in [0.5, 0.6) is 11.5 Å². The van der Waals surface area contributed by atoms with Gasteiger partial charge in [-0.2, -0.15) is 0 Å². The molecule has 0 saturated heterocycles. The van der Waals surface area contributed by atoms with Crippen LogP contribution in [0.15, 0.2) is 23.2 Å². The minimum Gasteiger partial charge on any atom is -0.497 e. The van der Waals surface area contributed by atoms with Gasteiger partial charge in [-0.3, -0.25) is 4.99 Å². The molecule has 2 rings (SSSR count). The highest BCUT2D eigenvalue weighted by molar-refractivity contribution is 14.0. The zero-order valence-corrected chi connectivity index (χ0v) is 19.4. The normalized spacial score (nSPS) is 14.8. The Morgan fingerprint density at radius 1 is 1.25 bits per heavy atom. The number of ether oxygens (including phenoxy) is 3. The zero-order chi connectivity index (χ0) is 19.5. The molecule has 0 aliphatic heterocycles. The van der Waals surface area contributed by atoms with Crippen LogP contribution in [0.1, 0.15) is 37.9 Å². The first-order valence-electron chi connectivity index (χ1n) is 9.67. The molecule has 28 heavy (non-hydrogen) atoms. The number of rotatable bonds is 12. The van der Waals surface area contributed by atoms with Crippen LogP contribution in [0, 0.1) is 5.92 Å². The predicted octanol–water partition coefficient (Wildman–Crippen LogP) is 2.73. The number of nitrogens with zero attached hydrogens (tertiary/aromatic N) is 1. The summed E-state index contributed by atoms with van der Waals surface area (Å²) in [5.74, 6) is 2.77. The Bertz CT molecular complexity index is 597. The van der Waals surface area contributed by atoms with Crippen molar-refractivity contribution in [2.45, 2.75) is 32.3 Å². The fraction of sp³-hybridized carbons (Fsp3) is 0.650. The van der Waals surface area contributed by atoms with E-state index in [9.17, 15) is 5.11 Å². The van der Waals surface area contributed by atoms with Crippen molar-refractivity contribution in [3.63, 3.8) is 0 Å². The van der Waals surface area contributed by atoms with Gasteiger partial charge in [-0.25, -0.2) is 0 Å². The van der Waals surface area contributed by atoms with E-state index in [0.717, 1.165) is 38.6 Å². The first kappa shape index (κ1) is 24.8. The molecule has 0 aromatic heterocycles. The van der Waals surface area contributed by atoms with E-state index in [2.05, 4.69) is 15.6 Å². The lowest BCUT2D eigenvalue weighted by molar-refractivity contribution is 0.123. The molecule has 1 aliphatic carbocycles. The second-order valence-electron chi connectivity index (χ2n) is 6.64. The number of aliphatic hydroxyl groups excluding tert-OH is 1. The Morgan fingerprint density at radius 2 is 2.04 bits per heavy atom. The average Bonchev–Trinajstić information content (AvgIpc) is 3.52. The molecule has 1 unspecified atom stereocenters. The van der Waals surface area contributed by atoms with E-state index in [0.29, 0.717) is 23.0 Å². The number of hydrogen-bond acceptors (Lipinski definition) is 5. The van der Waals surface area contributed by atoms with Crippen molar-refractivity contribution < 1.29 is 19.3 Å². The molecular formula is C20H34IN3O4. The topological polar surface area (TPSA) is 84.3 Å². The van der Waals surface area contributed by atoms with Gasteiger partial charge in [0.2, 0.25) is 0 Å². The van der Waals surface area contributed by atoms with Crippen molar-refractivity contribution in [1.82, 2.24) is 10.6 Å². The van der Waals surface area contributed by atoms with Crippen molar-refractivity contribution in [2.75, 3.05) is 47.1 Å². The van der Waals surface area contributed by atoms with Crippen molar-refractivity contribution in [3.05, 3.63) is 23.8 Å². The third-order valence-electron chi connectivity index (χ3n) is 4.37. The van der Waals surface area contributed by atoms with Crippen molar-refractivity contribution in [1.29, 1.82) is 0 Å². The quantitative estimate of drug-likeness (QED) is 0.175. The number of halogens is 1. The van der Waals surface area contributed by atoms with Gasteiger partial charge in [0.1, 0.15) is 17.6 Å². The summed E-state index contributed by atoms with van der Waals surface area (Å²) in [6.45, 7) is 5.40. The molecule has 0 heterocycles. The maximum Gasteiger partial charge on any atom is 0.191 e. The Balaban J connectivity index is 0.00000392. The standard InChI is InChI=1S/C20H33N3O4.HI/c1-4-21-20(22-10-5-11-27-14-15-6-7-15)23-13-18(24)17-12-16(25-2)8-9-19(17)26-3;/h8-9,12,15,18,24H,4-7,10-11,13-14H2,1-3H3,(H2,21,22,23);1H. The van der Waals surface area contributed by atoms with E-state index >= 15 is 0 Å². The largest absolute Gasteiger partial charge is 0.497 e. The summed E-state index contributed by atoms with van der Waals surface area (Å²) >= 11 is 0. The lowest BCUT2D eigenvalue weighted by atomic mass is 10.1. The van der Waals surface area contributed by atoms with Crippen LogP contribution in [0.25, 0.3) is 0 Å². The number of aliphatic imine (C=N–C) groups is 1. The Kier molecular flexibility index (Phi) is 12.2. The lowest BCUT2D eigenvalue weighted by Gasteiger charge is -2.16. The van der Waals surface area contributed by atoms with E-state index in [4.69, 9.17) is 14.2 Å². The molecular weight excluding hydrogens is 473 g/mol. The fourth-order valence-corrected chi connectivity index (χ4v) is 2.63. The molecule has 160 valence electrons. The van der Waals surface area contributed by atoms with Crippen LogP contribution in [0.2, 0.25) is 0 Å². The average molecular weight is 507 g/mol. The summed E-state index contributed by atoms with van der Waals surface area (Å²) < 4.78 is 16.2. The Labute approximate surface area is 185 Å². The molecule has 1 atom stereocenters. The SMILES string of the molecule is CCNC(=NCC(O)c1cc(OC)ccc1OC)NCCCOCC1CC1.I. The summed E-state index contributed by atoms with van der Waals surface area (Å²) in [4.78, 5) is 4.48. The van der Waals surface area contributed by atoms with E-state index in [-0.39, 0.29) is 30.5 Å². The maximum atomic E-state index is 10.6. The highest BCUT2D eigenvalue weighted by Crippen LogP contribution is 2.29. The van der Waals surface area contributed by atoms with Crippen molar-refractivity contribution in [2.24, 2.45) is 10.9 Å². The van der Waals surface area contributed by atoms with Gasteiger partial charge < -0.3 is 30.0 Å². The highest BCUT2D eigenvalue weighted by atomic mass is 127. The molecule has 1 aromatic carbocycles. The molecule has 0 spiro atoms. The van der Waals surface area contributed by atoms with Crippen LogP contribution in [0.4, 0.5) is 0 Å². The number of guanidine groups is 1. The summed E-state index contributed by atoms with van der Waals surface area (Å²) in [7, 11) is 3.18. The number of nitrogens with one attached hydrogen (secondary N) is 2. The molecule has 0 bridgehead atoms. The zero-order valence-electron chi connectivity index (χ0n) is 17.1. The van der Waals surface area contributed by atoms with Crippen LogP contribution < -0.4 is 20.1 Å². The van der Waals surface area contributed by atoms with E-state index in [1.807, 2.05) is 6.92 Å². The summed E-state index contributed by atoms with van der Waals surface area (Å²) in [6, 6.07) is 5.36. The predicted molar refractivity (Wildman–Crippen MR) is 122 cm³/mol. The monoisotopic (exact) mass is 507 g/mol. The van der Waals surface area contributed by atoms with Crippen LogP contribution in [0.3, 0.4) is 0 Å².